The van der Waals surface area contributed by atoms with Gasteiger partial charge in [-0.1, -0.05) is 11.2 Å². The number of hydrogen-bond donors (Lipinski definition) is 1. The average Bonchev–Trinajstić information content (AvgIpc) is 3.33. The minimum Gasteiger partial charge on any atom is -0.356 e. The number of rotatable bonds is 4. The summed E-state index contributed by atoms with van der Waals surface area (Å²) in [6.45, 7) is 3.21. The molecule has 0 radical (unpaired) electrons. The minimum absolute atomic E-state index is 0.160. The summed E-state index contributed by atoms with van der Waals surface area (Å²) in [4.78, 5) is 27.3. The summed E-state index contributed by atoms with van der Waals surface area (Å²) in [6.07, 6.45) is 2.06. The molecule has 0 aromatic carbocycles. The highest BCUT2D eigenvalue weighted by molar-refractivity contribution is 7.10. The molecule has 4 heterocycles. The van der Waals surface area contributed by atoms with Crippen LogP contribution in [-0.4, -0.2) is 39.3 Å². The second-order valence-electron chi connectivity index (χ2n) is 6.77. The molecular formula is C19H20N4O3S. The van der Waals surface area contributed by atoms with Crippen molar-refractivity contribution in [2.75, 3.05) is 13.1 Å². The van der Waals surface area contributed by atoms with E-state index in [1.54, 1.807) is 17.4 Å². The molecule has 0 spiro atoms. The normalized spacial score (nSPS) is 15.2. The Morgan fingerprint density at radius 2 is 2.19 bits per heavy atom. The van der Waals surface area contributed by atoms with Crippen LogP contribution in [0, 0.1) is 6.92 Å². The zero-order valence-electron chi connectivity index (χ0n) is 15.0. The third-order valence-corrected chi connectivity index (χ3v) is 5.75. The van der Waals surface area contributed by atoms with E-state index in [9.17, 15) is 9.59 Å². The van der Waals surface area contributed by atoms with Crippen LogP contribution in [0.1, 0.15) is 35.0 Å². The van der Waals surface area contributed by atoms with Crippen molar-refractivity contribution in [2.24, 2.45) is 0 Å². The number of H-pyrrole nitrogens is 1. The van der Waals surface area contributed by atoms with Crippen molar-refractivity contribution < 1.29 is 9.32 Å². The van der Waals surface area contributed by atoms with Crippen molar-refractivity contribution in [1.29, 1.82) is 0 Å². The van der Waals surface area contributed by atoms with Crippen molar-refractivity contribution in [3.8, 4) is 11.3 Å². The van der Waals surface area contributed by atoms with Gasteiger partial charge in [-0.2, -0.15) is 5.10 Å². The van der Waals surface area contributed by atoms with Crippen LogP contribution in [0.15, 0.2) is 39.0 Å². The van der Waals surface area contributed by atoms with Gasteiger partial charge in [-0.15, -0.1) is 11.3 Å². The molecule has 1 aliphatic heterocycles. The fourth-order valence-corrected chi connectivity index (χ4v) is 4.18. The quantitative estimate of drug-likeness (QED) is 0.747. The number of aromatic amines is 1. The van der Waals surface area contributed by atoms with E-state index in [1.807, 2.05) is 29.3 Å². The fraction of sp³-hybridized carbons (Fsp3) is 0.368. The number of nitrogens with one attached hydrogen (secondary N) is 1. The lowest BCUT2D eigenvalue weighted by Crippen LogP contribution is -2.39. The van der Waals surface area contributed by atoms with Crippen LogP contribution in [0.2, 0.25) is 0 Å². The van der Waals surface area contributed by atoms with Gasteiger partial charge in [0.25, 0.3) is 5.56 Å². The Morgan fingerprint density at radius 3 is 2.85 bits per heavy atom. The van der Waals surface area contributed by atoms with Gasteiger partial charge in [0, 0.05) is 41.6 Å². The van der Waals surface area contributed by atoms with Crippen LogP contribution >= 0.6 is 11.3 Å². The molecule has 1 amide bonds. The van der Waals surface area contributed by atoms with Crippen LogP contribution in [0.3, 0.4) is 0 Å². The maximum Gasteiger partial charge on any atom is 0.264 e. The standard InChI is InChI=1S/C19H20N4O3S/c1-12-9-16(26-22-12)15-11-17(24)20-21-19(15)13-4-6-23(7-5-13)18(25)10-14-3-2-8-27-14/h2-3,8-9,11,13H,4-7,10H2,1H3,(H,20,24). The van der Waals surface area contributed by atoms with E-state index in [2.05, 4.69) is 15.4 Å². The summed E-state index contributed by atoms with van der Waals surface area (Å²) in [6, 6.07) is 7.27. The molecule has 0 bridgehead atoms. The second kappa shape index (κ2) is 7.48. The lowest BCUT2D eigenvalue weighted by molar-refractivity contribution is -0.131. The second-order valence-corrected chi connectivity index (χ2v) is 7.81. The topological polar surface area (TPSA) is 92.1 Å². The van der Waals surface area contributed by atoms with Crippen molar-refractivity contribution in [3.05, 3.63) is 56.3 Å². The van der Waals surface area contributed by atoms with Gasteiger partial charge in [-0.25, -0.2) is 5.10 Å². The molecule has 0 unspecified atom stereocenters. The Labute approximate surface area is 160 Å². The number of piperidine rings is 1. The summed E-state index contributed by atoms with van der Waals surface area (Å²) in [5.74, 6) is 0.877. The van der Waals surface area contributed by atoms with Gasteiger partial charge in [0.1, 0.15) is 0 Å². The van der Waals surface area contributed by atoms with Crippen LogP contribution in [-0.2, 0) is 11.2 Å². The molecule has 0 aliphatic carbocycles. The number of nitrogens with zero attached hydrogens (tertiary/aromatic N) is 3. The summed E-state index contributed by atoms with van der Waals surface area (Å²) in [7, 11) is 0. The molecule has 0 saturated carbocycles. The average molecular weight is 384 g/mol. The van der Waals surface area contributed by atoms with E-state index >= 15 is 0 Å². The monoisotopic (exact) mass is 384 g/mol. The van der Waals surface area contributed by atoms with Crippen molar-refractivity contribution in [3.63, 3.8) is 0 Å². The van der Waals surface area contributed by atoms with Crippen molar-refractivity contribution in [1.82, 2.24) is 20.3 Å². The van der Waals surface area contributed by atoms with Crippen LogP contribution < -0.4 is 5.56 Å². The summed E-state index contributed by atoms with van der Waals surface area (Å²) >= 11 is 1.61. The Hall–Kier alpha value is -2.74. The van der Waals surface area contributed by atoms with E-state index < -0.39 is 0 Å². The molecule has 1 fully saturated rings. The molecule has 27 heavy (non-hydrogen) atoms. The maximum absolute atomic E-state index is 12.5. The maximum atomic E-state index is 12.5. The number of thiophene rings is 1. The molecule has 1 saturated heterocycles. The lowest BCUT2D eigenvalue weighted by atomic mass is 9.90. The fourth-order valence-electron chi connectivity index (χ4n) is 3.49. The van der Waals surface area contributed by atoms with Gasteiger partial charge < -0.3 is 9.42 Å². The third-order valence-electron chi connectivity index (χ3n) is 4.87. The largest absolute Gasteiger partial charge is 0.356 e. The van der Waals surface area contributed by atoms with Crippen LogP contribution in [0.5, 0.6) is 0 Å². The van der Waals surface area contributed by atoms with Gasteiger partial charge >= 0.3 is 0 Å². The van der Waals surface area contributed by atoms with Crippen LogP contribution in [0.25, 0.3) is 11.3 Å². The first kappa shape index (κ1) is 17.7. The highest BCUT2D eigenvalue weighted by Crippen LogP contribution is 2.33. The van der Waals surface area contributed by atoms with Crippen molar-refractivity contribution >= 4 is 17.2 Å². The molecule has 8 heteroatoms. The Kier molecular flexibility index (Phi) is 4.89. The predicted octanol–water partition coefficient (Wildman–Crippen LogP) is 2.74. The molecule has 140 valence electrons. The van der Waals surface area contributed by atoms with Gasteiger partial charge in [0.15, 0.2) is 5.76 Å². The van der Waals surface area contributed by atoms with E-state index in [0.717, 1.165) is 29.1 Å². The molecule has 1 aliphatic rings. The number of likely N-dealkylation sites (tertiary alicyclic amines) is 1. The predicted molar refractivity (Wildman–Crippen MR) is 102 cm³/mol. The number of hydrogen-bond acceptors (Lipinski definition) is 6. The highest BCUT2D eigenvalue weighted by atomic mass is 32.1. The first-order valence-electron chi connectivity index (χ1n) is 8.93. The summed E-state index contributed by atoms with van der Waals surface area (Å²) < 4.78 is 5.35. The van der Waals surface area contributed by atoms with Crippen molar-refractivity contribution in [2.45, 2.75) is 32.1 Å². The molecule has 4 rings (SSSR count). The number of aromatic nitrogens is 3. The zero-order chi connectivity index (χ0) is 18.8. The van der Waals surface area contributed by atoms with E-state index in [0.29, 0.717) is 30.8 Å². The molecule has 0 atom stereocenters. The number of aryl methyl sites for hydroxylation is 1. The lowest BCUT2D eigenvalue weighted by Gasteiger charge is -2.32. The van der Waals surface area contributed by atoms with E-state index in [-0.39, 0.29) is 17.4 Å². The summed E-state index contributed by atoms with van der Waals surface area (Å²) in [5, 5.41) is 12.7. The van der Waals surface area contributed by atoms with Crippen LogP contribution in [0.4, 0.5) is 0 Å². The highest BCUT2D eigenvalue weighted by Gasteiger charge is 2.28. The Bertz CT molecular complexity index is 985. The minimum atomic E-state index is -0.272. The molecule has 3 aromatic rings. The summed E-state index contributed by atoms with van der Waals surface area (Å²) in [5.41, 5.74) is 1.97. The SMILES string of the molecule is Cc1cc(-c2cc(=O)[nH]nc2C2CCN(C(=O)Cc3cccs3)CC2)on1. The van der Waals surface area contributed by atoms with Gasteiger partial charge in [0.05, 0.1) is 17.8 Å². The Balaban J connectivity index is 1.48. The molecule has 1 N–H and O–H groups in total. The molecule has 7 nitrogen and oxygen atoms in total. The first-order chi connectivity index (χ1) is 13.1. The first-order valence-corrected chi connectivity index (χ1v) is 9.81. The van der Waals surface area contributed by atoms with Gasteiger partial charge in [-0.3, -0.25) is 9.59 Å². The number of carbonyl (C=O) groups is 1. The van der Waals surface area contributed by atoms with Gasteiger partial charge in [-0.05, 0) is 31.2 Å². The third kappa shape index (κ3) is 3.85. The molecular weight excluding hydrogens is 364 g/mol. The Morgan fingerprint density at radius 1 is 1.37 bits per heavy atom. The zero-order valence-corrected chi connectivity index (χ0v) is 15.8. The number of amides is 1. The van der Waals surface area contributed by atoms with E-state index in [1.165, 1.54) is 6.07 Å². The van der Waals surface area contributed by atoms with E-state index in [4.69, 9.17) is 4.52 Å². The van der Waals surface area contributed by atoms with Gasteiger partial charge in [0.2, 0.25) is 5.91 Å². The molecule has 3 aromatic heterocycles. The smallest absolute Gasteiger partial charge is 0.264 e. The number of carbonyl (C=O) groups excluding carboxylic acids is 1.